The van der Waals surface area contributed by atoms with Crippen LogP contribution in [0, 0.1) is 17.8 Å². The van der Waals surface area contributed by atoms with Crippen LogP contribution in [0.15, 0.2) is 29.0 Å². The molecule has 2 saturated carbocycles. The number of nitrogens with one attached hydrogen (secondary N) is 1. The molecule has 24 heavy (non-hydrogen) atoms. The summed E-state index contributed by atoms with van der Waals surface area (Å²) in [6, 6.07) is 2.17. The third-order valence-electron chi connectivity index (χ3n) is 5.51. The average Bonchev–Trinajstić information content (AvgIpc) is 3.28. The van der Waals surface area contributed by atoms with E-state index in [-0.39, 0.29) is 12.3 Å². The van der Waals surface area contributed by atoms with Crippen molar-refractivity contribution in [1.29, 1.82) is 0 Å². The molecular weight excluding hydrogens is 322 g/mol. The zero-order chi connectivity index (χ0) is 16.9. The summed E-state index contributed by atoms with van der Waals surface area (Å²) >= 11 is 1.55. The number of carbonyl (C=O) groups is 2. The van der Waals surface area contributed by atoms with Crippen molar-refractivity contribution in [1.82, 2.24) is 5.32 Å². The fourth-order valence-electron chi connectivity index (χ4n) is 4.35. The van der Waals surface area contributed by atoms with Gasteiger partial charge >= 0.3 is 5.97 Å². The van der Waals surface area contributed by atoms with Crippen LogP contribution in [0.2, 0.25) is 0 Å². The van der Waals surface area contributed by atoms with E-state index in [9.17, 15) is 9.59 Å². The van der Waals surface area contributed by atoms with Crippen LogP contribution < -0.4 is 5.32 Å². The zero-order valence-corrected chi connectivity index (χ0v) is 14.6. The summed E-state index contributed by atoms with van der Waals surface area (Å²) in [6.45, 7) is 0. The molecule has 2 N–H and O–H groups in total. The minimum absolute atomic E-state index is 0.0595. The maximum atomic E-state index is 12.4. The quantitative estimate of drug-likeness (QED) is 0.550. The number of rotatable bonds is 8. The van der Waals surface area contributed by atoms with Crippen LogP contribution in [0.3, 0.4) is 0 Å². The summed E-state index contributed by atoms with van der Waals surface area (Å²) in [5.41, 5.74) is 0.769. The lowest BCUT2D eigenvalue weighted by Gasteiger charge is -2.31. The van der Waals surface area contributed by atoms with E-state index in [2.05, 4.69) is 17.5 Å². The van der Waals surface area contributed by atoms with E-state index in [0.29, 0.717) is 24.3 Å². The summed E-state index contributed by atoms with van der Waals surface area (Å²) in [6.07, 6.45) is 10.8. The number of unbranched alkanes of at least 4 members (excludes halogenated alkanes) is 1. The molecule has 1 amide bonds. The summed E-state index contributed by atoms with van der Waals surface area (Å²) in [5, 5.41) is 15.8. The molecule has 2 bridgehead atoms. The van der Waals surface area contributed by atoms with Gasteiger partial charge in [0.1, 0.15) is 0 Å². The number of carbonyl (C=O) groups excluding carboxylic acids is 1. The van der Waals surface area contributed by atoms with Crippen LogP contribution in [0.1, 0.15) is 55.3 Å². The smallest absolute Gasteiger partial charge is 0.303 e. The van der Waals surface area contributed by atoms with Crippen molar-refractivity contribution in [2.24, 2.45) is 17.8 Å². The molecule has 0 saturated heterocycles. The Bertz CT molecular complexity index is 596. The van der Waals surface area contributed by atoms with Gasteiger partial charge in [0, 0.05) is 23.4 Å². The Morgan fingerprint density at radius 2 is 2.12 bits per heavy atom. The number of carboxylic acid groups (broad SMARTS) is 1. The Morgan fingerprint density at radius 1 is 1.29 bits per heavy atom. The standard InChI is InChI=1S/C19H25NO3S/c21-17(22)6-4-2-1-3-5-16-13-7-8-14(11-13)18(16)20-19(23)15-9-10-24-12-15/h1,3,9-10,12-14,16,18H,2,4-8,11H2,(H,20,23)(H,21,22)/b3-1-/t13-,14+,16+,18+/m1/s1. The highest BCUT2D eigenvalue weighted by atomic mass is 32.1. The number of aliphatic carboxylic acids is 1. The van der Waals surface area contributed by atoms with Crippen LogP contribution in [-0.2, 0) is 4.79 Å². The molecule has 0 aliphatic heterocycles. The zero-order valence-electron chi connectivity index (χ0n) is 13.8. The molecule has 2 fully saturated rings. The topological polar surface area (TPSA) is 66.4 Å². The normalized spacial score (nSPS) is 28.5. The van der Waals surface area contributed by atoms with Crippen LogP contribution in [-0.4, -0.2) is 23.0 Å². The lowest BCUT2D eigenvalue weighted by Crippen LogP contribution is -2.43. The monoisotopic (exact) mass is 347 g/mol. The highest BCUT2D eigenvalue weighted by Gasteiger charge is 2.47. The Morgan fingerprint density at radius 3 is 2.88 bits per heavy atom. The molecule has 0 spiro atoms. The predicted octanol–water partition coefficient (Wildman–Crippen LogP) is 4.09. The maximum Gasteiger partial charge on any atom is 0.303 e. The molecule has 4 atom stereocenters. The summed E-state index contributed by atoms with van der Waals surface area (Å²) < 4.78 is 0. The van der Waals surface area contributed by atoms with Crippen molar-refractivity contribution in [3.05, 3.63) is 34.5 Å². The molecule has 0 radical (unpaired) electrons. The molecule has 5 heteroatoms. The first kappa shape index (κ1) is 17.2. The van der Waals surface area contributed by atoms with Crippen molar-refractivity contribution in [2.75, 3.05) is 0 Å². The number of thiophene rings is 1. The van der Waals surface area contributed by atoms with Crippen molar-refractivity contribution >= 4 is 23.2 Å². The lowest BCUT2D eigenvalue weighted by molar-refractivity contribution is -0.137. The van der Waals surface area contributed by atoms with Crippen LogP contribution in [0.4, 0.5) is 0 Å². The SMILES string of the molecule is O=C(O)CCC/C=C\C[C@H]1[C@@H]2CC[C@@H](C2)[C@@H]1NC(=O)c1ccsc1. The van der Waals surface area contributed by atoms with Gasteiger partial charge in [-0.2, -0.15) is 11.3 Å². The van der Waals surface area contributed by atoms with Gasteiger partial charge in [-0.05, 0) is 67.7 Å². The van der Waals surface area contributed by atoms with Gasteiger partial charge in [-0.1, -0.05) is 12.2 Å². The first-order valence-corrected chi connectivity index (χ1v) is 9.79. The largest absolute Gasteiger partial charge is 0.481 e. The predicted molar refractivity (Wildman–Crippen MR) is 95.1 cm³/mol. The van der Waals surface area contributed by atoms with Gasteiger partial charge in [0.25, 0.3) is 5.91 Å². The van der Waals surface area contributed by atoms with Gasteiger partial charge in [-0.3, -0.25) is 9.59 Å². The second-order valence-electron chi connectivity index (χ2n) is 7.00. The first-order valence-electron chi connectivity index (χ1n) is 8.85. The lowest BCUT2D eigenvalue weighted by atomic mass is 9.82. The molecule has 0 unspecified atom stereocenters. The molecule has 3 rings (SSSR count). The Kier molecular flexibility index (Phi) is 5.72. The number of hydrogen-bond acceptors (Lipinski definition) is 3. The molecule has 0 aromatic carbocycles. The molecule has 1 aromatic rings. The molecule has 2 aliphatic carbocycles. The van der Waals surface area contributed by atoms with Crippen LogP contribution in [0.25, 0.3) is 0 Å². The molecule has 130 valence electrons. The third kappa shape index (κ3) is 4.07. The fourth-order valence-corrected chi connectivity index (χ4v) is 4.98. The summed E-state index contributed by atoms with van der Waals surface area (Å²) in [5.74, 6) is 1.22. The van der Waals surface area contributed by atoms with Gasteiger partial charge in [0.15, 0.2) is 0 Å². The van der Waals surface area contributed by atoms with Gasteiger partial charge in [-0.15, -0.1) is 0 Å². The highest BCUT2D eigenvalue weighted by molar-refractivity contribution is 7.08. The maximum absolute atomic E-state index is 12.4. The average molecular weight is 347 g/mol. The van der Waals surface area contributed by atoms with E-state index in [4.69, 9.17) is 5.11 Å². The minimum Gasteiger partial charge on any atom is -0.481 e. The molecule has 1 heterocycles. The van der Waals surface area contributed by atoms with Crippen molar-refractivity contribution < 1.29 is 14.7 Å². The molecule has 2 aliphatic rings. The minimum atomic E-state index is -0.729. The van der Waals surface area contributed by atoms with E-state index >= 15 is 0 Å². The van der Waals surface area contributed by atoms with Crippen LogP contribution in [0.5, 0.6) is 0 Å². The molecule has 4 nitrogen and oxygen atoms in total. The van der Waals surface area contributed by atoms with Gasteiger partial charge in [-0.25, -0.2) is 0 Å². The van der Waals surface area contributed by atoms with Gasteiger partial charge < -0.3 is 10.4 Å². The van der Waals surface area contributed by atoms with Crippen molar-refractivity contribution in [3.8, 4) is 0 Å². The van der Waals surface area contributed by atoms with Crippen LogP contribution >= 0.6 is 11.3 Å². The first-order chi connectivity index (χ1) is 11.6. The Labute approximate surface area is 147 Å². The van der Waals surface area contributed by atoms with Crippen molar-refractivity contribution in [2.45, 2.75) is 51.0 Å². The Hall–Kier alpha value is -1.62. The number of allylic oxidation sites excluding steroid dienone is 2. The molecular formula is C19H25NO3S. The summed E-state index contributed by atoms with van der Waals surface area (Å²) in [7, 11) is 0. The van der Waals surface area contributed by atoms with E-state index in [1.165, 1.54) is 19.3 Å². The highest BCUT2D eigenvalue weighted by Crippen LogP contribution is 2.50. The summed E-state index contributed by atoms with van der Waals surface area (Å²) in [4.78, 5) is 22.9. The number of amides is 1. The number of fused-ring (bicyclic) bond motifs is 2. The van der Waals surface area contributed by atoms with E-state index in [1.54, 1.807) is 11.3 Å². The second kappa shape index (κ2) is 7.97. The van der Waals surface area contributed by atoms with E-state index in [1.807, 2.05) is 16.8 Å². The van der Waals surface area contributed by atoms with E-state index < -0.39 is 5.97 Å². The number of hydrogen-bond donors (Lipinski definition) is 2. The van der Waals surface area contributed by atoms with E-state index in [0.717, 1.165) is 24.3 Å². The third-order valence-corrected chi connectivity index (χ3v) is 6.19. The van der Waals surface area contributed by atoms with Gasteiger partial charge in [0.2, 0.25) is 0 Å². The molecule has 1 aromatic heterocycles. The Balaban J connectivity index is 1.52. The van der Waals surface area contributed by atoms with Crippen molar-refractivity contribution in [3.63, 3.8) is 0 Å². The number of carboxylic acids is 1. The fraction of sp³-hybridized carbons (Fsp3) is 0.579. The van der Waals surface area contributed by atoms with Gasteiger partial charge in [0.05, 0.1) is 0 Å². The second-order valence-corrected chi connectivity index (χ2v) is 7.78.